The number of ether oxygens (including phenoxy) is 1. The van der Waals surface area contributed by atoms with Crippen LogP contribution in [0.1, 0.15) is 19.4 Å². The number of methoxy groups -OCH3 is 1. The van der Waals surface area contributed by atoms with Crippen LogP contribution in [0.2, 0.25) is 5.02 Å². The predicted molar refractivity (Wildman–Crippen MR) is 81.7 cm³/mol. The molecule has 0 amide bonds. The van der Waals surface area contributed by atoms with Crippen LogP contribution in [0.5, 0.6) is 0 Å². The molecular formula is C15H16ClN3O2. The lowest BCUT2D eigenvalue weighted by molar-refractivity contribution is -0.131. The number of rotatable bonds is 5. The summed E-state index contributed by atoms with van der Waals surface area (Å²) >= 11 is 6.15. The number of Topliss-reactive ketones (excluding diaryl/α,β-unsaturated/α-hetero) is 1. The van der Waals surface area contributed by atoms with Crippen LogP contribution in [0.15, 0.2) is 36.9 Å². The number of nitrogens with zero attached hydrogens (tertiary/aromatic N) is 3. The number of aromatic nitrogens is 3. The number of benzene rings is 1. The van der Waals surface area contributed by atoms with E-state index in [-0.39, 0.29) is 5.78 Å². The normalized spacial score (nSPS) is 12.5. The highest BCUT2D eigenvalue weighted by atomic mass is 35.5. The lowest BCUT2D eigenvalue weighted by Gasteiger charge is -2.22. The van der Waals surface area contributed by atoms with Crippen LogP contribution in [0, 0.1) is 0 Å². The van der Waals surface area contributed by atoms with Gasteiger partial charge in [0.15, 0.2) is 0 Å². The molecule has 0 saturated carbocycles. The Morgan fingerprint density at radius 2 is 2.10 bits per heavy atom. The Labute approximate surface area is 128 Å². The summed E-state index contributed by atoms with van der Waals surface area (Å²) in [6.07, 6.45) is 4.51. The molecule has 1 aromatic heterocycles. The molecule has 0 radical (unpaired) electrons. The van der Waals surface area contributed by atoms with Crippen molar-refractivity contribution in [3.8, 4) is 0 Å². The van der Waals surface area contributed by atoms with Crippen LogP contribution < -0.4 is 0 Å². The maximum Gasteiger partial charge on any atom is 0.212 e. The van der Waals surface area contributed by atoms with E-state index >= 15 is 0 Å². The van der Waals surface area contributed by atoms with Crippen molar-refractivity contribution in [1.29, 1.82) is 0 Å². The van der Waals surface area contributed by atoms with Gasteiger partial charge >= 0.3 is 0 Å². The summed E-state index contributed by atoms with van der Waals surface area (Å²) in [5.41, 5.74) is 0.0938. The Hall–Kier alpha value is -1.98. The van der Waals surface area contributed by atoms with Gasteiger partial charge in [-0.25, -0.2) is 9.67 Å². The number of halogens is 1. The highest BCUT2D eigenvalue weighted by Crippen LogP contribution is 2.24. The SMILES string of the molecule is COC(C)(C)C(=O)/C(=C/c1ccccc1Cl)n1cncn1. The summed E-state index contributed by atoms with van der Waals surface area (Å²) in [6, 6.07) is 7.27. The topological polar surface area (TPSA) is 57.0 Å². The second-order valence-electron chi connectivity index (χ2n) is 4.93. The van der Waals surface area contributed by atoms with E-state index in [4.69, 9.17) is 16.3 Å². The minimum atomic E-state index is -0.973. The van der Waals surface area contributed by atoms with Crippen molar-refractivity contribution in [3.63, 3.8) is 0 Å². The van der Waals surface area contributed by atoms with Gasteiger partial charge in [0, 0.05) is 12.1 Å². The van der Waals surface area contributed by atoms with Gasteiger partial charge in [-0.15, -0.1) is 0 Å². The molecule has 2 rings (SSSR count). The van der Waals surface area contributed by atoms with Gasteiger partial charge in [0.1, 0.15) is 24.0 Å². The Balaban J connectivity index is 2.53. The molecule has 110 valence electrons. The molecule has 5 nitrogen and oxygen atoms in total. The van der Waals surface area contributed by atoms with Gasteiger partial charge in [0.2, 0.25) is 5.78 Å². The van der Waals surface area contributed by atoms with Gasteiger partial charge < -0.3 is 4.74 Å². The van der Waals surface area contributed by atoms with E-state index in [1.807, 2.05) is 18.2 Å². The van der Waals surface area contributed by atoms with Crippen molar-refractivity contribution in [2.24, 2.45) is 0 Å². The van der Waals surface area contributed by atoms with Crippen molar-refractivity contribution in [2.75, 3.05) is 7.11 Å². The summed E-state index contributed by atoms with van der Waals surface area (Å²) in [5, 5.41) is 4.58. The summed E-state index contributed by atoms with van der Waals surface area (Å²) in [6.45, 7) is 3.40. The van der Waals surface area contributed by atoms with Gasteiger partial charge in [0.25, 0.3) is 0 Å². The lowest BCUT2D eigenvalue weighted by atomic mass is 9.99. The molecule has 6 heteroatoms. The fraction of sp³-hybridized carbons (Fsp3) is 0.267. The van der Waals surface area contributed by atoms with Crippen molar-refractivity contribution in [1.82, 2.24) is 14.8 Å². The molecule has 0 aliphatic heterocycles. The third kappa shape index (κ3) is 3.37. The van der Waals surface area contributed by atoms with Gasteiger partial charge in [-0.2, -0.15) is 5.10 Å². The van der Waals surface area contributed by atoms with Gasteiger partial charge in [-0.1, -0.05) is 29.8 Å². The predicted octanol–water partition coefficient (Wildman–Crippen LogP) is 2.92. The van der Waals surface area contributed by atoms with Crippen molar-refractivity contribution in [3.05, 3.63) is 47.5 Å². The molecule has 0 N–H and O–H groups in total. The first-order valence-corrected chi connectivity index (χ1v) is 6.74. The highest BCUT2D eigenvalue weighted by molar-refractivity contribution is 6.33. The molecule has 0 atom stereocenters. The average molecular weight is 306 g/mol. The Bertz CT molecular complexity index is 663. The number of carbonyl (C=O) groups is 1. The molecule has 1 heterocycles. The summed E-state index contributed by atoms with van der Waals surface area (Å²) < 4.78 is 6.67. The van der Waals surface area contributed by atoms with Gasteiger partial charge in [0.05, 0.1) is 0 Å². The summed E-state index contributed by atoms with van der Waals surface area (Å²) in [4.78, 5) is 16.6. The monoisotopic (exact) mass is 305 g/mol. The molecule has 21 heavy (non-hydrogen) atoms. The molecule has 2 aromatic rings. The minimum Gasteiger partial charge on any atom is -0.371 e. The summed E-state index contributed by atoms with van der Waals surface area (Å²) in [7, 11) is 1.49. The quantitative estimate of drug-likeness (QED) is 0.797. The zero-order valence-electron chi connectivity index (χ0n) is 12.1. The third-order valence-electron chi connectivity index (χ3n) is 3.15. The smallest absolute Gasteiger partial charge is 0.212 e. The van der Waals surface area contributed by atoms with E-state index in [1.54, 1.807) is 26.0 Å². The Morgan fingerprint density at radius 3 is 2.67 bits per heavy atom. The van der Waals surface area contributed by atoms with Crippen LogP contribution in [-0.2, 0) is 9.53 Å². The largest absolute Gasteiger partial charge is 0.371 e. The number of hydrogen-bond acceptors (Lipinski definition) is 4. The molecule has 0 aliphatic carbocycles. The number of carbonyl (C=O) groups excluding carboxylic acids is 1. The Kier molecular flexibility index (Phi) is 4.55. The molecule has 0 aliphatic rings. The zero-order chi connectivity index (χ0) is 15.5. The second kappa shape index (κ2) is 6.20. The van der Waals surface area contributed by atoms with Crippen LogP contribution in [0.25, 0.3) is 11.8 Å². The zero-order valence-corrected chi connectivity index (χ0v) is 12.8. The summed E-state index contributed by atoms with van der Waals surface area (Å²) in [5.74, 6) is -0.213. The molecule has 0 spiro atoms. The maximum atomic E-state index is 12.7. The van der Waals surface area contributed by atoms with Crippen LogP contribution in [0.3, 0.4) is 0 Å². The first-order chi connectivity index (χ1) is 9.95. The van der Waals surface area contributed by atoms with E-state index in [0.717, 1.165) is 5.56 Å². The Morgan fingerprint density at radius 1 is 1.38 bits per heavy atom. The average Bonchev–Trinajstić information content (AvgIpc) is 2.99. The molecule has 1 aromatic carbocycles. The molecule has 0 bridgehead atoms. The van der Waals surface area contributed by atoms with E-state index in [0.29, 0.717) is 10.7 Å². The highest BCUT2D eigenvalue weighted by Gasteiger charge is 2.31. The standard InChI is InChI=1S/C15H16ClN3O2/c1-15(2,21-3)14(20)13(19-10-17-9-18-19)8-11-6-4-5-7-12(11)16/h4-10H,1-3H3/b13-8-. The molecule has 0 saturated heterocycles. The third-order valence-corrected chi connectivity index (χ3v) is 3.50. The lowest BCUT2D eigenvalue weighted by Crippen LogP contribution is -2.35. The molecule has 0 fully saturated rings. The molecule has 0 unspecified atom stereocenters. The van der Waals surface area contributed by atoms with Gasteiger partial charge in [-0.05, 0) is 31.6 Å². The van der Waals surface area contributed by atoms with E-state index in [1.165, 1.54) is 24.4 Å². The molecular weight excluding hydrogens is 290 g/mol. The first-order valence-electron chi connectivity index (χ1n) is 6.37. The van der Waals surface area contributed by atoms with E-state index < -0.39 is 5.60 Å². The van der Waals surface area contributed by atoms with Crippen molar-refractivity contribution in [2.45, 2.75) is 19.4 Å². The fourth-order valence-electron chi connectivity index (χ4n) is 1.71. The second-order valence-corrected chi connectivity index (χ2v) is 5.34. The fourth-order valence-corrected chi connectivity index (χ4v) is 1.90. The first kappa shape index (κ1) is 15.4. The maximum absolute atomic E-state index is 12.7. The van der Waals surface area contributed by atoms with Crippen LogP contribution in [0.4, 0.5) is 0 Å². The van der Waals surface area contributed by atoms with Crippen LogP contribution >= 0.6 is 11.6 Å². The van der Waals surface area contributed by atoms with Crippen molar-refractivity contribution < 1.29 is 9.53 Å². The number of ketones is 1. The number of hydrogen-bond donors (Lipinski definition) is 0. The van der Waals surface area contributed by atoms with Crippen molar-refractivity contribution >= 4 is 29.2 Å². The minimum absolute atomic E-state index is 0.213. The van der Waals surface area contributed by atoms with Gasteiger partial charge in [-0.3, -0.25) is 4.79 Å². The van der Waals surface area contributed by atoms with E-state index in [9.17, 15) is 4.79 Å². The van der Waals surface area contributed by atoms with E-state index in [2.05, 4.69) is 10.1 Å². The van der Waals surface area contributed by atoms with Crippen LogP contribution in [-0.4, -0.2) is 33.3 Å².